The molecule has 1 aliphatic rings. The molecule has 1 aromatic heterocycles. The van der Waals surface area contributed by atoms with Crippen LogP contribution in [0.2, 0.25) is 0 Å². The summed E-state index contributed by atoms with van der Waals surface area (Å²) in [6.07, 6.45) is 4.11. The molecule has 126 valence electrons. The van der Waals surface area contributed by atoms with Crippen molar-refractivity contribution in [3.8, 4) is 0 Å². The summed E-state index contributed by atoms with van der Waals surface area (Å²) in [7, 11) is 1.73. The summed E-state index contributed by atoms with van der Waals surface area (Å²) in [5.74, 6) is -0.913. The van der Waals surface area contributed by atoms with Gasteiger partial charge in [-0.2, -0.15) is 0 Å². The largest absolute Gasteiger partial charge is 0.366 e. The second kappa shape index (κ2) is 6.47. The van der Waals surface area contributed by atoms with E-state index in [2.05, 4.69) is 0 Å². The van der Waals surface area contributed by atoms with Crippen LogP contribution in [-0.4, -0.2) is 33.9 Å². The number of benzene rings is 1. The maximum atomic E-state index is 13.0. The number of likely N-dealkylation sites (tertiary alicyclic amines) is 1. The lowest BCUT2D eigenvalue weighted by molar-refractivity contribution is 0.0726. The number of aryl methyl sites for hydroxylation is 1. The summed E-state index contributed by atoms with van der Waals surface area (Å²) in [4.78, 5) is 26.0. The zero-order valence-electron chi connectivity index (χ0n) is 13.5. The number of hydrogen-bond acceptors (Lipinski definition) is 2. The maximum Gasteiger partial charge on any atom is 0.270 e. The topological polar surface area (TPSA) is 68.3 Å². The molecule has 1 atom stereocenters. The minimum Gasteiger partial charge on any atom is -0.366 e. The van der Waals surface area contributed by atoms with Crippen LogP contribution in [0, 0.1) is 5.82 Å². The predicted molar refractivity (Wildman–Crippen MR) is 88.1 cm³/mol. The number of primary amides is 1. The smallest absolute Gasteiger partial charge is 0.270 e. The molecule has 3 rings (SSSR count). The molecular formula is C18H20FN3O2. The number of amides is 2. The predicted octanol–water partition coefficient (Wildman–Crippen LogP) is 2.11. The average molecular weight is 329 g/mol. The van der Waals surface area contributed by atoms with Crippen molar-refractivity contribution in [1.82, 2.24) is 9.47 Å². The van der Waals surface area contributed by atoms with Crippen molar-refractivity contribution in [2.75, 3.05) is 6.54 Å². The van der Waals surface area contributed by atoms with E-state index >= 15 is 0 Å². The third kappa shape index (κ3) is 3.18. The minimum atomic E-state index is -0.547. The highest BCUT2D eigenvalue weighted by Crippen LogP contribution is 2.24. The van der Waals surface area contributed by atoms with Crippen LogP contribution in [0.15, 0.2) is 36.5 Å². The van der Waals surface area contributed by atoms with E-state index in [4.69, 9.17) is 5.73 Å². The molecule has 2 N–H and O–H groups in total. The molecule has 0 bridgehead atoms. The molecule has 6 heteroatoms. The number of carbonyl (C=O) groups is 2. The maximum absolute atomic E-state index is 13.0. The second-order valence-electron chi connectivity index (χ2n) is 6.21. The van der Waals surface area contributed by atoms with Gasteiger partial charge in [0.15, 0.2) is 0 Å². The van der Waals surface area contributed by atoms with E-state index in [0.29, 0.717) is 24.2 Å². The summed E-state index contributed by atoms with van der Waals surface area (Å²) in [5, 5.41) is 0. The highest BCUT2D eigenvalue weighted by Gasteiger charge is 2.31. The number of nitrogens with two attached hydrogens (primary N) is 1. The molecule has 1 unspecified atom stereocenters. The molecule has 0 saturated carbocycles. The lowest BCUT2D eigenvalue weighted by Crippen LogP contribution is -2.37. The molecule has 2 heterocycles. The van der Waals surface area contributed by atoms with E-state index in [1.807, 2.05) is 4.90 Å². The molecule has 2 aromatic rings. The van der Waals surface area contributed by atoms with Crippen molar-refractivity contribution in [3.63, 3.8) is 0 Å². The molecule has 5 nitrogen and oxygen atoms in total. The average Bonchev–Trinajstić information content (AvgIpc) is 3.15. The first kappa shape index (κ1) is 16.2. The van der Waals surface area contributed by atoms with Crippen LogP contribution in [0.3, 0.4) is 0 Å². The third-order valence-corrected chi connectivity index (χ3v) is 4.53. The van der Waals surface area contributed by atoms with Gasteiger partial charge in [0.2, 0.25) is 5.91 Å². The third-order valence-electron chi connectivity index (χ3n) is 4.53. The van der Waals surface area contributed by atoms with Gasteiger partial charge in [0.25, 0.3) is 5.91 Å². The van der Waals surface area contributed by atoms with Gasteiger partial charge in [-0.1, -0.05) is 12.1 Å². The van der Waals surface area contributed by atoms with Gasteiger partial charge >= 0.3 is 0 Å². The first-order valence-electron chi connectivity index (χ1n) is 7.97. The standard InChI is InChI=1S/C18H20FN3O2/c1-21-11-13(17(20)23)10-16(21)18(24)22-8-2-3-15(22)9-12-4-6-14(19)7-5-12/h4-7,10-11,15H,2-3,8-9H2,1H3,(H2,20,23). The zero-order valence-corrected chi connectivity index (χ0v) is 13.5. The minimum absolute atomic E-state index is 0.0786. The SMILES string of the molecule is Cn1cc(C(N)=O)cc1C(=O)N1CCCC1Cc1ccc(F)cc1. The van der Waals surface area contributed by atoms with Crippen molar-refractivity contribution in [2.45, 2.75) is 25.3 Å². The summed E-state index contributed by atoms with van der Waals surface area (Å²) >= 11 is 0. The van der Waals surface area contributed by atoms with E-state index in [9.17, 15) is 14.0 Å². The number of nitrogens with zero attached hydrogens (tertiary/aromatic N) is 2. The van der Waals surface area contributed by atoms with Crippen molar-refractivity contribution in [3.05, 3.63) is 59.2 Å². The lowest BCUT2D eigenvalue weighted by atomic mass is 10.0. The summed E-state index contributed by atoms with van der Waals surface area (Å²) in [5.41, 5.74) is 7.07. The highest BCUT2D eigenvalue weighted by atomic mass is 19.1. The Bertz CT molecular complexity index is 767. The molecule has 0 spiro atoms. The van der Waals surface area contributed by atoms with Gasteiger partial charge in [0, 0.05) is 25.8 Å². The van der Waals surface area contributed by atoms with Gasteiger partial charge in [0.1, 0.15) is 11.5 Å². The monoisotopic (exact) mass is 329 g/mol. The van der Waals surface area contributed by atoms with E-state index in [1.54, 1.807) is 29.9 Å². The molecule has 24 heavy (non-hydrogen) atoms. The molecule has 1 aromatic carbocycles. The number of halogens is 1. The highest BCUT2D eigenvalue weighted by molar-refractivity contribution is 5.99. The van der Waals surface area contributed by atoms with Gasteiger partial charge < -0.3 is 15.2 Å². The van der Waals surface area contributed by atoms with Crippen LogP contribution >= 0.6 is 0 Å². The summed E-state index contributed by atoms with van der Waals surface area (Å²) in [6.45, 7) is 0.682. The van der Waals surface area contributed by atoms with Crippen LogP contribution in [-0.2, 0) is 13.5 Å². The number of hydrogen-bond donors (Lipinski definition) is 1. The van der Waals surface area contributed by atoms with E-state index in [1.165, 1.54) is 18.2 Å². The van der Waals surface area contributed by atoms with E-state index in [0.717, 1.165) is 18.4 Å². The summed E-state index contributed by atoms with van der Waals surface area (Å²) < 4.78 is 14.7. The van der Waals surface area contributed by atoms with Crippen molar-refractivity contribution in [2.24, 2.45) is 12.8 Å². The van der Waals surface area contributed by atoms with Crippen LogP contribution in [0.4, 0.5) is 4.39 Å². The van der Waals surface area contributed by atoms with Crippen molar-refractivity contribution >= 4 is 11.8 Å². The molecule has 1 aliphatic heterocycles. The van der Waals surface area contributed by atoms with Gasteiger partial charge in [0.05, 0.1) is 5.56 Å². The van der Waals surface area contributed by atoms with Gasteiger partial charge in [-0.15, -0.1) is 0 Å². The first-order valence-corrected chi connectivity index (χ1v) is 7.97. The molecule has 1 saturated heterocycles. The van der Waals surface area contributed by atoms with E-state index in [-0.39, 0.29) is 17.8 Å². The molecular weight excluding hydrogens is 309 g/mol. The lowest BCUT2D eigenvalue weighted by Gasteiger charge is -2.25. The van der Waals surface area contributed by atoms with Crippen molar-refractivity contribution < 1.29 is 14.0 Å². The van der Waals surface area contributed by atoms with Gasteiger partial charge in [-0.3, -0.25) is 9.59 Å². The molecule has 0 aliphatic carbocycles. The van der Waals surface area contributed by atoms with Gasteiger partial charge in [-0.25, -0.2) is 4.39 Å². The molecule has 1 fully saturated rings. The van der Waals surface area contributed by atoms with E-state index < -0.39 is 5.91 Å². The Hall–Kier alpha value is -2.63. The fourth-order valence-electron chi connectivity index (χ4n) is 3.27. The number of carbonyl (C=O) groups excluding carboxylic acids is 2. The Morgan fingerprint density at radius 3 is 2.62 bits per heavy atom. The van der Waals surface area contributed by atoms with Crippen LogP contribution < -0.4 is 5.73 Å². The number of aromatic nitrogens is 1. The fourth-order valence-corrected chi connectivity index (χ4v) is 3.27. The van der Waals surface area contributed by atoms with Crippen LogP contribution in [0.5, 0.6) is 0 Å². The van der Waals surface area contributed by atoms with Gasteiger partial charge in [-0.05, 0) is 43.0 Å². The van der Waals surface area contributed by atoms with Crippen LogP contribution in [0.1, 0.15) is 39.3 Å². The first-order chi connectivity index (χ1) is 11.5. The fraction of sp³-hybridized carbons (Fsp3) is 0.333. The Kier molecular flexibility index (Phi) is 4.38. The van der Waals surface area contributed by atoms with Crippen molar-refractivity contribution in [1.29, 1.82) is 0 Å². The number of rotatable bonds is 4. The Morgan fingerprint density at radius 1 is 1.29 bits per heavy atom. The summed E-state index contributed by atoms with van der Waals surface area (Å²) in [6, 6.07) is 8.00. The Labute approximate surface area is 139 Å². The Morgan fingerprint density at radius 2 is 2.00 bits per heavy atom. The zero-order chi connectivity index (χ0) is 17.3. The normalized spacial score (nSPS) is 17.2. The van der Waals surface area contributed by atoms with Crippen LogP contribution in [0.25, 0.3) is 0 Å². The second-order valence-corrected chi connectivity index (χ2v) is 6.21. The molecule has 2 amide bonds. The Balaban J connectivity index is 1.78. The molecule has 0 radical (unpaired) electrons. The quantitative estimate of drug-likeness (QED) is 0.933.